The summed E-state index contributed by atoms with van der Waals surface area (Å²) >= 11 is 3.29. The minimum Gasteiger partial charge on any atom is -0.493 e. The summed E-state index contributed by atoms with van der Waals surface area (Å²) in [5, 5.41) is 0. The Morgan fingerprint density at radius 3 is 2.65 bits per heavy atom. The second-order valence-corrected chi connectivity index (χ2v) is 4.38. The molecular weight excluding hydrogens is 280 g/mol. The van der Waals surface area contributed by atoms with Gasteiger partial charge in [0.15, 0.2) is 11.5 Å². The highest BCUT2D eigenvalue weighted by atomic mass is 79.9. The molecule has 0 amide bonds. The molecule has 0 N–H and O–H groups in total. The van der Waals surface area contributed by atoms with Crippen molar-refractivity contribution in [3.63, 3.8) is 0 Å². The van der Waals surface area contributed by atoms with Crippen LogP contribution in [0.4, 0.5) is 0 Å². The van der Waals surface area contributed by atoms with Crippen molar-refractivity contribution in [3.8, 4) is 11.5 Å². The van der Waals surface area contributed by atoms with Crippen LogP contribution in [0.5, 0.6) is 11.5 Å². The lowest BCUT2D eigenvalue weighted by atomic mass is 10.1. The van der Waals surface area contributed by atoms with Crippen LogP contribution in [0.25, 0.3) is 6.08 Å². The highest BCUT2D eigenvalue weighted by molar-refractivity contribution is 9.11. The first kappa shape index (κ1) is 14.1. The van der Waals surface area contributed by atoms with Gasteiger partial charge in [0.05, 0.1) is 13.7 Å². The molecular formula is C14H19BrO2. The Morgan fingerprint density at radius 2 is 2.06 bits per heavy atom. The summed E-state index contributed by atoms with van der Waals surface area (Å²) in [6.07, 6.45) is 4.18. The van der Waals surface area contributed by atoms with Gasteiger partial charge in [-0.15, -0.1) is 0 Å². The largest absolute Gasteiger partial charge is 0.493 e. The zero-order valence-electron chi connectivity index (χ0n) is 10.6. The van der Waals surface area contributed by atoms with E-state index in [1.54, 1.807) is 7.11 Å². The molecule has 0 atom stereocenters. The number of ether oxygens (including phenoxy) is 2. The van der Waals surface area contributed by atoms with Crippen LogP contribution < -0.4 is 9.47 Å². The number of halogens is 1. The number of hydrogen-bond acceptors (Lipinski definition) is 2. The molecule has 94 valence electrons. The standard InChI is InChI=1S/C14H19BrO2/c1-4-5-8-17-14-10-12(6-7-15)11(2)9-13(14)16-3/h6-7,9-10H,4-5,8H2,1-3H3/b7-6+. The molecule has 0 saturated carbocycles. The van der Waals surface area contributed by atoms with E-state index in [0.717, 1.165) is 36.5 Å². The first-order valence-electron chi connectivity index (χ1n) is 5.81. The Labute approximate surface area is 112 Å². The van der Waals surface area contributed by atoms with Crippen LogP contribution in [0.1, 0.15) is 30.9 Å². The van der Waals surface area contributed by atoms with Gasteiger partial charge in [0, 0.05) is 0 Å². The topological polar surface area (TPSA) is 18.5 Å². The molecule has 2 nitrogen and oxygen atoms in total. The Balaban J connectivity index is 2.95. The minimum absolute atomic E-state index is 0.730. The van der Waals surface area contributed by atoms with E-state index in [-0.39, 0.29) is 0 Å². The van der Waals surface area contributed by atoms with Crippen molar-refractivity contribution in [1.29, 1.82) is 0 Å². The molecule has 1 aromatic carbocycles. The van der Waals surface area contributed by atoms with E-state index in [4.69, 9.17) is 9.47 Å². The van der Waals surface area contributed by atoms with Gasteiger partial charge in [0.1, 0.15) is 0 Å². The van der Waals surface area contributed by atoms with Crippen LogP contribution in [0.3, 0.4) is 0 Å². The fourth-order valence-corrected chi connectivity index (χ4v) is 1.81. The van der Waals surface area contributed by atoms with Crippen molar-refractivity contribution < 1.29 is 9.47 Å². The lowest BCUT2D eigenvalue weighted by Gasteiger charge is -2.13. The van der Waals surface area contributed by atoms with Gasteiger partial charge in [-0.2, -0.15) is 0 Å². The highest BCUT2D eigenvalue weighted by Gasteiger charge is 2.07. The number of hydrogen-bond donors (Lipinski definition) is 0. The quantitative estimate of drug-likeness (QED) is 0.718. The monoisotopic (exact) mass is 298 g/mol. The Bertz CT molecular complexity index is 386. The van der Waals surface area contributed by atoms with Gasteiger partial charge in [0.2, 0.25) is 0 Å². The summed E-state index contributed by atoms with van der Waals surface area (Å²) in [5.41, 5.74) is 2.30. The zero-order valence-corrected chi connectivity index (χ0v) is 12.2. The number of rotatable bonds is 6. The maximum Gasteiger partial charge on any atom is 0.161 e. The molecule has 0 fully saturated rings. The lowest BCUT2D eigenvalue weighted by molar-refractivity contribution is 0.288. The maximum atomic E-state index is 5.74. The van der Waals surface area contributed by atoms with Crippen LogP contribution in [0, 0.1) is 6.92 Å². The summed E-state index contributed by atoms with van der Waals surface area (Å²) in [6, 6.07) is 4.02. The third kappa shape index (κ3) is 4.08. The molecule has 0 aromatic heterocycles. The summed E-state index contributed by atoms with van der Waals surface area (Å²) < 4.78 is 11.1. The predicted octanol–water partition coefficient (Wildman–Crippen LogP) is 4.55. The first-order valence-corrected chi connectivity index (χ1v) is 6.72. The Hall–Kier alpha value is -0.960. The van der Waals surface area contributed by atoms with E-state index in [1.807, 2.05) is 23.2 Å². The summed E-state index contributed by atoms with van der Waals surface area (Å²) in [5.74, 6) is 1.61. The molecule has 0 bridgehead atoms. The van der Waals surface area contributed by atoms with Crippen LogP contribution in [0.2, 0.25) is 0 Å². The normalized spacial score (nSPS) is 10.8. The van der Waals surface area contributed by atoms with E-state index in [1.165, 1.54) is 5.56 Å². The molecule has 1 rings (SSSR count). The molecule has 0 unspecified atom stereocenters. The van der Waals surface area contributed by atoms with E-state index in [0.29, 0.717) is 0 Å². The molecule has 17 heavy (non-hydrogen) atoms. The Kier molecular flexibility index (Phi) is 6.12. The molecule has 0 radical (unpaired) electrons. The fourth-order valence-electron chi connectivity index (χ4n) is 1.52. The molecule has 1 aromatic rings. The van der Waals surface area contributed by atoms with E-state index < -0.39 is 0 Å². The molecule has 0 aliphatic carbocycles. The van der Waals surface area contributed by atoms with Gasteiger partial charge in [-0.05, 0) is 47.7 Å². The van der Waals surface area contributed by atoms with Crippen molar-refractivity contribution in [2.75, 3.05) is 13.7 Å². The predicted molar refractivity (Wildman–Crippen MR) is 76.1 cm³/mol. The van der Waals surface area contributed by atoms with Crippen molar-refractivity contribution in [1.82, 2.24) is 0 Å². The average Bonchev–Trinajstić information content (AvgIpc) is 2.33. The van der Waals surface area contributed by atoms with Crippen molar-refractivity contribution in [3.05, 3.63) is 28.2 Å². The van der Waals surface area contributed by atoms with Gasteiger partial charge in [-0.3, -0.25) is 0 Å². The minimum atomic E-state index is 0.730. The molecule has 0 spiro atoms. The average molecular weight is 299 g/mol. The third-order valence-corrected chi connectivity index (χ3v) is 2.81. The fraction of sp³-hybridized carbons (Fsp3) is 0.429. The van der Waals surface area contributed by atoms with Crippen molar-refractivity contribution >= 4 is 22.0 Å². The van der Waals surface area contributed by atoms with Crippen LogP contribution in [-0.2, 0) is 0 Å². The van der Waals surface area contributed by atoms with E-state index in [9.17, 15) is 0 Å². The van der Waals surface area contributed by atoms with Gasteiger partial charge in [0.25, 0.3) is 0 Å². The zero-order chi connectivity index (χ0) is 12.7. The molecule has 0 aliphatic heterocycles. The molecule has 0 saturated heterocycles. The third-order valence-electron chi connectivity index (χ3n) is 2.55. The second kappa shape index (κ2) is 7.38. The molecule has 3 heteroatoms. The smallest absolute Gasteiger partial charge is 0.161 e. The van der Waals surface area contributed by atoms with Crippen molar-refractivity contribution in [2.45, 2.75) is 26.7 Å². The van der Waals surface area contributed by atoms with Crippen LogP contribution >= 0.6 is 15.9 Å². The first-order chi connectivity index (χ1) is 8.22. The van der Waals surface area contributed by atoms with E-state index in [2.05, 4.69) is 29.8 Å². The van der Waals surface area contributed by atoms with E-state index >= 15 is 0 Å². The second-order valence-electron chi connectivity index (χ2n) is 3.85. The number of benzene rings is 1. The lowest BCUT2D eigenvalue weighted by Crippen LogP contribution is -2.00. The maximum absolute atomic E-state index is 5.74. The summed E-state index contributed by atoms with van der Waals surface area (Å²) in [4.78, 5) is 1.84. The van der Waals surface area contributed by atoms with Crippen LogP contribution in [0.15, 0.2) is 17.1 Å². The number of methoxy groups -OCH3 is 1. The SMILES string of the molecule is CCCCOc1cc(/C=C/Br)c(C)cc1OC. The van der Waals surface area contributed by atoms with Crippen LogP contribution in [-0.4, -0.2) is 13.7 Å². The summed E-state index contributed by atoms with van der Waals surface area (Å²) in [6.45, 7) is 4.93. The molecule has 0 heterocycles. The number of aryl methyl sites for hydroxylation is 1. The van der Waals surface area contributed by atoms with Gasteiger partial charge < -0.3 is 9.47 Å². The summed E-state index contributed by atoms with van der Waals surface area (Å²) in [7, 11) is 1.67. The van der Waals surface area contributed by atoms with Gasteiger partial charge in [-0.1, -0.05) is 29.3 Å². The molecule has 0 aliphatic rings. The van der Waals surface area contributed by atoms with Gasteiger partial charge in [-0.25, -0.2) is 0 Å². The number of unbranched alkanes of at least 4 members (excludes halogenated alkanes) is 1. The Morgan fingerprint density at radius 1 is 1.29 bits per heavy atom. The van der Waals surface area contributed by atoms with Gasteiger partial charge >= 0.3 is 0 Å². The highest BCUT2D eigenvalue weighted by Crippen LogP contribution is 2.31. The van der Waals surface area contributed by atoms with Crippen molar-refractivity contribution in [2.24, 2.45) is 0 Å².